The van der Waals surface area contributed by atoms with E-state index in [0.29, 0.717) is 48.3 Å². The molecule has 43 heavy (non-hydrogen) atoms. The third kappa shape index (κ3) is 7.50. The second kappa shape index (κ2) is 13.4. The second-order valence-corrected chi connectivity index (χ2v) is 12.6. The van der Waals surface area contributed by atoms with Gasteiger partial charge >= 0.3 is 0 Å². The lowest BCUT2D eigenvalue weighted by atomic mass is 9.67. The van der Waals surface area contributed by atoms with Gasteiger partial charge in [0.2, 0.25) is 0 Å². The molecule has 0 saturated carbocycles. The van der Waals surface area contributed by atoms with E-state index in [-0.39, 0.29) is 29.1 Å². The highest BCUT2D eigenvalue weighted by molar-refractivity contribution is 6.02. The zero-order valence-electron chi connectivity index (χ0n) is 25.6. The van der Waals surface area contributed by atoms with Crippen LogP contribution in [0.1, 0.15) is 64.4 Å². The van der Waals surface area contributed by atoms with Gasteiger partial charge in [0.25, 0.3) is 0 Å². The number of benzene rings is 3. The highest BCUT2D eigenvalue weighted by Crippen LogP contribution is 2.43. The minimum absolute atomic E-state index is 0.0364. The van der Waals surface area contributed by atoms with Crippen LogP contribution in [0.4, 0.5) is 4.39 Å². The number of phenolic OH excluding ortho intramolecular Hbond substituents is 2. The van der Waals surface area contributed by atoms with Gasteiger partial charge in [-0.2, -0.15) is 0 Å². The van der Waals surface area contributed by atoms with Crippen molar-refractivity contribution in [2.24, 2.45) is 11.8 Å². The molecule has 0 spiro atoms. The molecule has 3 aromatic carbocycles. The molecule has 0 aromatic heterocycles. The topological polar surface area (TPSA) is 101 Å². The van der Waals surface area contributed by atoms with Crippen molar-refractivity contribution in [1.82, 2.24) is 9.80 Å². The SMILES string of the molecule is Cc1c(F)cccc1C1[C@@H](C(=O)c2cccc(O)c2)CN(CCCC(N(C)C)C(C)(C)O)C[C@H]1C(=O)c1cccc(O)c1. The molecule has 1 fully saturated rings. The summed E-state index contributed by atoms with van der Waals surface area (Å²) in [5, 5.41) is 31.0. The summed E-state index contributed by atoms with van der Waals surface area (Å²) in [6.07, 6.45) is 1.42. The number of ketones is 2. The van der Waals surface area contributed by atoms with E-state index in [1.807, 2.05) is 19.0 Å². The number of carbonyl (C=O) groups is 2. The second-order valence-electron chi connectivity index (χ2n) is 12.6. The largest absolute Gasteiger partial charge is 0.508 e. The maximum Gasteiger partial charge on any atom is 0.167 e. The van der Waals surface area contributed by atoms with Crippen molar-refractivity contribution in [1.29, 1.82) is 0 Å². The average molecular weight is 591 g/mol. The molecule has 8 heteroatoms. The van der Waals surface area contributed by atoms with E-state index in [1.165, 1.54) is 30.3 Å². The fourth-order valence-electron chi connectivity index (χ4n) is 6.73. The van der Waals surface area contributed by atoms with Gasteiger partial charge in [0.15, 0.2) is 11.6 Å². The molecule has 4 atom stereocenters. The standard InChI is InChI=1S/C35H43FN2O5/c1-22-27(14-8-15-30(22)36)32-28(33(41)23-10-6-12-25(39)18-23)20-38(17-9-16-31(37(4)5)35(2,3)43)21-29(32)34(42)24-11-7-13-26(40)19-24/h6-8,10-15,18-19,28-29,31-32,39-40,43H,9,16-17,20-21H2,1-5H3/t28-,29+,31?,32?. The van der Waals surface area contributed by atoms with E-state index in [0.717, 1.165) is 6.42 Å². The molecular weight excluding hydrogens is 547 g/mol. The molecule has 0 aliphatic carbocycles. The van der Waals surface area contributed by atoms with Crippen molar-refractivity contribution >= 4 is 11.6 Å². The molecule has 0 bridgehead atoms. The van der Waals surface area contributed by atoms with Gasteiger partial charge in [-0.1, -0.05) is 36.4 Å². The van der Waals surface area contributed by atoms with Crippen molar-refractivity contribution < 1.29 is 29.3 Å². The van der Waals surface area contributed by atoms with Crippen LogP contribution in [-0.2, 0) is 0 Å². The zero-order valence-corrected chi connectivity index (χ0v) is 25.6. The number of likely N-dealkylation sites (tertiary alicyclic amines) is 1. The van der Waals surface area contributed by atoms with Crippen LogP contribution in [0.2, 0.25) is 0 Å². The van der Waals surface area contributed by atoms with E-state index in [2.05, 4.69) is 4.90 Å². The Morgan fingerprint density at radius 3 is 1.91 bits per heavy atom. The van der Waals surface area contributed by atoms with Crippen LogP contribution >= 0.6 is 0 Å². The molecule has 3 N–H and O–H groups in total. The predicted molar refractivity (Wildman–Crippen MR) is 165 cm³/mol. The Kier molecular flexibility index (Phi) is 10.1. The first-order valence-electron chi connectivity index (χ1n) is 14.8. The van der Waals surface area contributed by atoms with Gasteiger partial charge in [0, 0.05) is 48.0 Å². The van der Waals surface area contributed by atoms with Crippen LogP contribution in [0.25, 0.3) is 0 Å². The molecule has 0 amide bonds. The highest BCUT2D eigenvalue weighted by Gasteiger charge is 2.45. The number of halogens is 1. The fourth-order valence-corrected chi connectivity index (χ4v) is 6.73. The number of piperidine rings is 1. The van der Waals surface area contributed by atoms with Gasteiger partial charge in [0.1, 0.15) is 17.3 Å². The normalized spacial score (nSPS) is 20.2. The molecule has 2 unspecified atom stereocenters. The molecule has 1 saturated heterocycles. The predicted octanol–water partition coefficient (Wildman–Crippen LogP) is 5.42. The summed E-state index contributed by atoms with van der Waals surface area (Å²) in [4.78, 5) is 32.5. The van der Waals surface area contributed by atoms with Gasteiger partial charge in [0.05, 0.1) is 5.60 Å². The zero-order chi connectivity index (χ0) is 31.5. The molecule has 230 valence electrons. The summed E-state index contributed by atoms with van der Waals surface area (Å²) in [7, 11) is 3.87. The Morgan fingerprint density at radius 2 is 1.44 bits per heavy atom. The summed E-state index contributed by atoms with van der Waals surface area (Å²) in [5.74, 6) is -2.99. The summed E-state index contributed by atoms with van der Waals surface area (Å²) in [6.45, 7) is 6.52. The first kappa shape index (κ1) is 32.3. The van der Waals surface area contributed by atoms with Crippen molar-refractivity contribution in [3.05, 3.63) is 94.8 Å². The Hall–Kier alpha value is -3.59. The van der Waals surface area contributed by atoms with Gasteiger partial charge in [-0.3, -0.25) is 9.59 Å². The maximum atomic E-state index is 15.0. The summed E-state index contributed by atoms with van der Waals surface area (Å²) in [5.41, 5.74) is 0.731. The summed E-state index contributed by atoms with van der Waals surface area (Å²) in [6, 6.07) is 17.0. The summed E-state index contributed by atoms with van der Waals surface area (Å²) >= 11 is 0. The summed E-state index contributed by atoms with van der Waals surface area (Å²) < 4.78 is 15.0. The molecule has 1 heterocycles. The van der Waals surface area contributed by atoms with Gasteiger partial charge in [-0.15, -0.1) is 0 Å². The Balaban J connectivity index is 1.77. The number of Topliss-reactive ketones (excluding diaryl/α,β-unsaturated/α-hetero) is 2. The quantitative estimate of drug-likeness (QED) is 0.256. The smallest absolute Gasteiger partial charge is 0.167 e. The van der Waals surface area contributed by atoms with Crippen molar-refractivity contribution in [2.75, 3.05) is 33.7 Å². The Labute approximate surface area is 253 Å². The number of nitrogens with zero attached hydrogens (tertiary/aromatic N) is 2. The number of phenols is 2. The van der Waals surface area contributed by atoms with Crippen molar-refractivity contribution in [2.45, 2.75) is 51.2 Å². The van der Waals surface area contributed by atoms with Crippen LogP contribution in [0.15, 0.2) is 66.7 Å². The third-order valence-electron chi connectivity index (χ3n) is 8.77. The van der Waals surface area contributed by atoms with E-state index >= 15 is 0 Å². The third-order valence-corrected chi connectivity index (χ3v) is 8.77. The molecule has 1 aliphatic heterocycles. The van der Waals surface area contributed by atoms with Crippen LogP contribution < -0.4 is 0 Å². The minimum Gasteiger partial charge on any atom is -0.508 e. The van der Waals surface area contributed by atoms with Crippen molar-refractivity contribution in [3.8, 4) is 11.5 Å². The van der Waals surface area contributed by atoms with Gasteiger partial charge < -0.3 is 25.1 Å². The average Bonchev–Trinajstić information content (AvgIpc) is 2.95. The monoisotopic (exact) mass is 590 g/mol. The Bertz CT molecular complexity index is 1380. The van der Waals surface area contributed by atoms with Crippen LogP contribution in [-0.4, -0.2) is 82.1 Å². The van der Waals surface area contributed by atoms with E-state index in [4.69, 9.17) is 0 Å². The molecule has 1 aliphatic rings. The van der Waals surface area contributed by atoms with E-state index in [1.54, 1.807) is 57.2 Å². The molecular formula is C35H43FN2O5. The molecule has 3 aromatic rings. The van der Waals surface area contributed by atoms with E-state index in [9.17, 15) is 29.3 Å². The number of hydrogen-bond donors (Lipinski definition) is 3. The fraction of sp³-hybridized carbons (Fsp3) is 0.429. The minimum atomic E-state index is -0.910. The maximum absolute atomic E-state index is 15.0. The van der Waals surface area contributed by atoms with Gasteiger partial charge in [-0.05, 0) is 95.7 Å². The van der Waals surface area contributed by atoms with Crippen LogP contribution in [0.5, 0.6) is 11.5 Å². The first-order valence-corrected chi connectivity index (χ1v) is 14.8. The lowest BCUT2D eigenvalue weighted by molar-refractivity contribution is -0.00794. The number of aromatic hydroxyl groups is 2. The number of hydrogen-bond acceptors (Lipinski definition) is 7. The lowest BCUT2D eigenvalue weighted by Gasteiger charge is -2.44. The number of aliphatic hydroxyl groups is 1. The molecule has 4 rings (SSSR count). The lowest BCUT2D eigenvalue weighted by Crippen LogP contribution is -2.51. The highest BCUT2D eigenvalue weighted by atomic mass is 19.1. The van der Waals surface area contributed by atoms with Gasteiger partial charge in [-0.25, -0.2) is 4.39 Å². The Morgan fingerprint density at radius 1 is 0.930 bits per heavy atom. The molecule has 0 radical (unpaired) electrons. The van der Waals surface area contributed by atoms with E-state index < -0.39 is 29.2 Å². The number of likely N-dealkylation sites (N-methyl/N-ethyl adjacent to an activating group) is 1. The molecule has 7 nitrogen and oxygen atoms in total. The van der Waals surface area contributed by atoms with Crippen LogP contribution in [0, 0.1) is 24.6 Å². The number of rotatable bonds is 11. The number of carbonyl (C=O) groups excluding carboxylic acids is 2. The first-order chi connectivity index (χ1) is 20.3. The van der Waals surface area contributed by atoms with Crippen LogP contribution in [0.3, 0.4) is 0 Å². The van der Waals surface area contributed by atoms with Crippen molar-refractivity contribution in [3.63, 3.8) is 0 Å².